The highest BCUT2D eigenvalue weighted by molar-refractivity contribution is 5.85. The van der Waals surface area contributed by atoms with E-state index >= 15 is 0 Å². The Morgan fingerprint density at radius 2 is 1.86 bits per heavy atom. The van der Waals surface area contributed by atoms with E-state index in [2.05, 4.69) is 0 Å². The number of hydrogen-bond acceptors (Lipinski definition) is 2. The van der Waals surface area contributed by atoms with E-state index in [1.165, 1.54) is 12.1 Å². The van der Waals surface area contributed by atoms with Gasteiger partial charge in [-0.25, -0.2) is 0 Å². The number of amides is 1. The SMILES string of the molecule is CC(N)CC(=O)N(Cc1ccc(C(F)(F)F)cc1)C1CC1.Cl. The number of carbonyl (C=O) groups is 1. The van der Waals surface area contributed by atoms with Crippen LogP contribution >= 0.6 is 12.4 Å². The highest BCUT2D eigenvalue weighted by atomic mass is 35.5. The Labute approximate surface area is 134 Å². The van der Waals surface area contributed by atoms with Gasteiger partial charge in [-0.1, -0.05) is 12.1 Å². The van der Waals surface area contributed by atoms with Crippen molar-refractivity contribution in [3.63, 3.8) is 0 Å². The molecule has 0 saturated heterocycles. The maximum Gasteiger partial charge on any atom is 0.416 e. The average Bonchev–Trinajstić information content (AvgIpc) is 3.18. The van der Waals surface area contributed by atoms with Crippen LogP contribution < -0.4 is 5.73 Å². The van der Waals surface area contributed by atoms with E-state index < -0.39 is 11.7 Å². The molecule has 0 aliphatic heterocycles. The van der Waals surface area contributed by atoms with E-state index in [1.54, 1.807) is 11.8 Å². The molecule has 1 amide bonds. The molecule has 1 aromatic carbocycles. The van der Waals surface area contributed by atoms with Crippen molar-refractivity contribution in [1.29, 1.82) is 0 Å². The number of rotatable bonds is 5. The molecule has 0 bridgehead atoms. The molecule has 1 aromatic rings. The van der Waals surface area contributed by atoms with Crippen LogP contribution in [0.5, 0.6) is 0 Å². The summed E-state index contributed by atoms with van der Waals surface area (Å²) < 4.78 is 37.5. The van der Waals surface area contributed by atoms with Gasteiger partial charge in [-0.05, 0) is 37.5 Å². The highest BCUT2D eigenvalue weighted by Crippen LogP contribution is 2.31. The lowest BCUT2D eigenvalue weighted by atomic mass is 10.1. The predicted molar refractivity (Wildman–Crippen MR) is 80.5 cm³/mol. The van der Waals surface area contributed by atoms with Crippen molar-refractivity contribution in [2.75, 3.05) is 0 Å². The maximum atomic E-state index is 12.5. The minimum Gasteiger partial charge on any atom is -0.335 e. The molecule has 1 unspecified atom stereocenters. The summed E-state index contributed by atoms with van der Waals surface area (Å²) in [7, 11) is 0. The van der Waals surface area contributed by atoms with Crippen LogP contribution in [-0.2, 0) is 17.5 Å². The molecule has 22 heavy (non-hydrogen) atoms. The number of carbonyl (C=O) groups excluding carboxylic acids is 1. The van der Waals surface area contributed by atoms with Gasteiger partial charge >= 0.3 is 6.18 Å². The summed E-state index contributed by atoms with van der Waals surface area (Å²) >= 11 is 0. The van der Waals surface area contributed by atoms with E-state index in [-0.39, 0.29) is 36.8 Å². The van der Waals surface area contributed by atoms with Crippen molar-refractivity contribution >= 4 is 18.3 Å². The third kappa shape index (κ3) is 5.18. The molecule has 1 aliphatic rings. The molecule has 0 heterocycles. The Hall–Kier alpha value is -1.27. The molecule has 7 heteroatoms. The number of halogens is 4. The van der Waals surface area contributed by atoms with Crippen molar-refractivity contribution in [3.8, 4) is 0 Å². The van der Waals surface area contributed by atoms with Crippen molar-refractivity contribution in [2.45, 2.75) is 51.0 Å². The van der Waals surface area contributed by atoms with Gasteiger partial charge in [0, 0.05) is 25.0 Å². The van der Waals surface area contributed by atoms with Gasteiger partial charge in [0.15, 0.2) is 0 Å². The zero-order chi connectivity index (χ0) is 15.6. The van der Waals surface area contributed by atoms with E-state index in [9.17, 15) is 18.0 Å². The Morgan fingerprint density at radius 1 is 1.32 bits per heavy atom. The van der Waals surface area contributed by atoms with Gasteiger partial charge in [-0.3, -0.25) is 4.79 Å². The van der Waals surface area contributed by atoms with E-state index in [1.807, 2.05) is 0 Å². The number of hydrogen-bond donors (Lipinski definition) is 1. The van der Waals surface area contributed by atoms with Crippen LogP contribution in [-0.4, -0.2) is 22.9 Å². The Balaban J connectivity index is 0.00000242. The number of nitrogens with two attached hydrogens (primary N) is 1. The molecule has 3 nitrogen and oxygen atoms in total. The molecule has 1 saturated carbocycles. The molecule has 0 spiro atoms. The fraction of sp³-hybridized carbons (Fsp3) is 0.533. The molecule has 2 rings (SSSR count). The van der Waals surface area contributed by atoms with Gasteiger partial charge in [0.05, 0.1) is 5.56 Å². The van der Waals surface area contributed by atoms with E-state index in [0.717, 1.165) is 25.0 Å². The Kier molecular flexibility index (Phi) is 6.26. The lowest BCUT2D eigenvalue weighted by molar-refractivity contribution is -0.137. The minimum absolute atomic E-state index is 0. The van der Waals surface area contributed by atoms with Crippen LogP contribution in [0.3, 0.4) is 0 Å². The first-order valence-corrected chi connectivity index (χ1v) is 6.98. The molecule has 124 valence electrons. The Morgan fingerprint density at radius 3 is 2.27 bits per heavy atom. The van der Waals surface area contributed by atoms with Gasteiger partial charge in [0.1, 0.15) is 0 Å². The average molecular weight is 337 g/mol. The van der Waals surface area contributed by atoms with Crippen molar-refractivity contribution in [3.05, 3.63) is 35.4 Å². The quantitative estimate of drug-likeness (QED) is 0.896. The van der Waals surface area contributed by atoms with Gasteiger partial charge < -0.3 is 10.6 Å². The minimum atomic E-state index is -4.33. The molecule has 2 N–H and O–H groups in total. The molecular weight excluding hydrogens is 317 g/mol. The van der Waals surface area contributed by atoms with E-state index in [0.29, 0.717) is 12.1 Å². The van der Waals surface area contributed by atoms with Gasteiger partial charge in [0.2, 0.25) is 5.91 Å². The largest absolute Gasteiger partial charge is 0.416 e. The lowest BCUT2D eigenvalue weighted by Gasteiger charge is -2.23. The fourth-order valence-corrected chi connectivity index (χ4v) is 2.20. The second-order valence-corrected chi connectivity index (χ2v) is 5.63. The number of alkyl halides is 3. The normalized spacial score (nSPS) is 15.9. The summed E-state index contributed by atoms with van der Waals surface area (Å²) in [6.07, 6.45) is -2.17. The summed E-state index contributed by atoms with van der Waals surface area (Å²) in [6, 6.07) is 4.95. The highest BCUT2D eigenvalue weighted by Gasteiger charge is 2.33. The molecular formula is C15H20ClF3N2O. The second-order valence-electron chi connectivity index (χ2n) is 5.63. The summed E-state index contributed by atoms with van der Waals surface area (Å²) in [5, 5.41) is 0. The molecule has 1 aliphatic carbocycles. The molecule has 1 atom stereocenters. The van der Waals surface area contributed by atoms with Crippen molar-refractivity contribution in [2.24, 2.45) is 5.73 Å². The fourth-order valence-electron chi connectivity index (χ4n) is 2.20. The van der Waals surface area contributed by atoms with Crippen LogP contribution in [0.2, 0.25) is 0 Å². The standard InChI is InChI=1S/C15H19F3N2O.ClH/c1-10(19)8-14(21)20(13-6-7-13)9-11-2-4-12(5-3-11)15(16,17)18;/h2-5,10,13H,6-9,19H2,1H3;1H. The zero-order valence-corrected chi connectivity index (χ0v) is 13.1. The van der Waals surface area contributed by atoms with Crippen LogP contribution in [0.25, 0.3) is 0 Å². The van der Waals surface area contributed by atoms with Crippen LogP contribution in [0.1, 0.15) is 37.3 Å². The van der Waals surface area contributed by atoms with Gasteiger partial charge in [0.25, 0.3) is 0 Å². The first-order chi connectivity index (χ1) is 9.77. The zero-order valence-electron chi connectivity index (χ0n) is 12.3. The smallest absolute Gasteiger partial charge is 0.335 e. The van der Waals surface area contributed by atoms with Gasteiger partial charge in [-0.15, -0.1) is 12.4 Å². The van der Waals surface area contributed by atoms with E-state index in [4.69, 9.17) is 5.73 Å². The molecule has 1 fully saturated rings. The summed E-state index contributed by atoms with van der Waals surface area (Å²) in [4.78, 5) is 13.9. The third-order valence-electron chi connectivity index (χ3n) is 3.44. The first-order valence-electron chi connectivity index (χ1n) is 6.98. The van der Waals surface area contributed by atoms with Crippen LogP contribution in [0.4, 0.5) is 13.2 Å². The molecule has 0 aromatic heterocycles. The second kappa shape index (κ2) is 7.33. The van der Waals surface area contributed by atoms with Crippen molar-refractivity contribution in [1.82, 2.24) is 4.90 Å². The topological polar surface area (TPSA) is 46.3 Å². The predicted octanol–water partition coefficient (Wildman–Crippen LogP) is 3.36. The molecule has 0 radical (unpaired) electrons. The number of nitrogens with zero attached hydrogens (tertiary/aromatic N) is 1. The summed E-state index contributed by atoms with van der Waals surface area (Å²) in [5.74, 6) is -0.0348. The van der Waals surface area contributed by atoms with Crippen molar-refractivity contribution < 1.29 is 18.0 Å². The maximum absolute atomic E-state index is 12.5. The van der Waals surface area contributed by atoms with Gasteiger partial charge in [-0.2, -0.15) is 13.2 Å². The third-order valence-corrected chi connectivity index (χ3v) is 3.44. The number of benzene rings is 1. The monoisotopic (exact) mass is 336 g/mol. The summed E-state index contributed by atoms with van der Waals surface area (Å²) in [5.41, 5.74) is 5.67. The Bertz CT molecular complexity index is 499. The van der Waals surface area contributed by atoms with Crippen LogP contribution in [0.15, 0.2) is 24.3 Å². The first kappa shape index (κ1) is 18.8. The lowest BCUT2D eigenvalue weighted by Crippen LogP contribution is -2.36. The summed E-state index contributed by atoms with van der Waals surface area (Å²) in [6.45, 7) is 2.11. The van der Waals surface area contributed by atoms with Crippen LogP contribution in [0, 0.1) is 0 Å².